The Kier molecular flexibility index (Phi) is 3.34. The number of hydrogen-bond donors (Lipinski definition) is 2. The molecule has 4 heteroatoms. The number of carbonyl (C=O) groups is 1. The zero-order valence-corrected chi connectivity index (χ0v) is 10.5. The third-order valence-electron chi connectivity index (χ3n) is 4.56. The lowest BCUT2D eigenvalue weighted by molar-refractivity contribution is -0.124. The summed E-state index contributed by atoms with van der Waals surface area (Å²) < 4.78 is 0. The maximum absolute atomic E-state index is 12.2. The van der Waals surface area contributed by atoms with Gasteiger partial charge in [-0.2, -0.15) is 0 Å². The van der Waals surface area contributed by atoms with Crippen molar-refractivity contribution in [2.24, 2.45) is 0 Å². The largest absolute Gasteiger partial charge is 0.350 e. The Balaban J connectivity index is 1.54. The predicted molar refractivity (Wildman–Crippen MR) is 66.8 cm³/mol. The Bertz CT molecular complexity index is 288. The van der Waals surface area contributed by atoms with Gasteiger partial charge in [-0.1, -0.05) is 6.42 Å². The molecule has 0 saturated carbocycles. The van der Waals surface area contributed by atoms with E-state index in [4.69, 9.17) is 0 Å². The van der Waals surface area contributed by atoms with Crippen molar-refractivity contribution in [2.45, 2.75) is 56.7 Å². The summed E-state index contributed by atoms with van der Waals surface area (Å²) in [5, 5.41) is 6.60. The number of fused-ring (bicyclic) bond motifs is 1. The molecule has 3 heterocycles. The Morgan fingerprint density at radius 1 is 1.12 bits per heavy atom. The summed E-state index contributed by atoms with van der Waals surface area (Å²) >= 11 is 0. The fraction of sp³-hybridized carbons (Fsp3) is 0.923. The van der Waals surface area contributed by atoms with E-state index >= 15 is 0 Å². The van der Waals surface area contributed by atoms with Crippen LogP contribution in [0.25, 0.3) is 0 Å². The molecule has 4 nitrogen and oxygen atoms in total. The molecule has 96 valence electrons. The van der Waals surface area contributed by atoms with E-state index in [1.165, 1.54) is 38.8 Å². The number of rotatable bonds is 2. The molecule has 1 amide bonds. The quantitative estimate of drug-likeness (QED) is 0.734. The SMILES string of the molecule is O=C(NC1CCN2CCCC12)[C@H]1CCCCN1. The van der Waals surface area contributed by atoms with Crippen LogP contribution in [0.1, 0.15) is 38.5 Å². The van der Waals surface area contributed by atoms with Crippen molar-refractivity contribution in [1.29, 1.82) is 0 Å². The normalized spacial score (nSPS) is 38.0. The smallest absolute Gasteiger partial charge is 0.237 e. The van der Waals surface area contributed by atoms with E-state index in [0.29, 0.717) is 12.1 Å². The summed E-state index contributed by atoms with van der Waals surface area (Å²) in [6.45, 7) is 3.41. The molecule has 0 aromatic heterocycles. The fourth-order valence-electron chi connectivity index (χ4n) is 3.61. The van der Waals surface area contributed by atoms with Crippen LogP contribution in [0.5, 0.6) is 0 Å². The van der Waals surface area contributed by atoms with Crippen molar-refractivity contribution >= 4 is 5.91 Å². The highest BCUT2D eigenvalue weighted by Crippen LogP contribution is 2.28. The van der Waals surface area contributed by atoms with Crippen LogP contribution in [-0.4, -0.2) is 48.6 Å². The van der Waals surface area contributed by atoms with Crippen LogP contribution in [0.4, 0.5) is 0 Å². The molecule has 3 atom stereocenters. The molecular weight excluding hydrogens is 214 g/mol. The van der Waals surface area contributed by atoms with Gasteiger partial charge in [0, 0.05) is 18.6 Å². The summed E-state index contributed by atoms with van der Waals surface area (Å²) in [6, 6.07) is 1.11. The number of carbonyl (C=O) groups excluding carboxylic acids is 1. The Labute approximate surface area is 103 Å². The maximum Gasteiger partial charge on any atom is 0.237 e. The van der Waals surface area contributed by atoms with E-state index in [0.717, 1.165) is 19.4 Å². The Hall–Kier alpha value is -0.610. The van der Waals surface area contributed by atoms with Crippen LogP contribution < -0.4 is 10.6 Å². The molecular formula is C13H23N3O. The Morgan fingerprint density at radius 3 is 2.88 bits per heavy atom. The van der Waals surface area contributed by atoms with Crippen LogP contribution in [0.3, 0.4) is 0 Å². The zero-order chi connectivity index (χ0) is 11.7. The second-order valence-corrected chi connectivity index (χ2v) is 5.65. The van der Waals surface area contributed by atoms with Crippen molar-refractivity contribution in [3.05, 3.63) is 0 Å². The zero-order valence-electron chi connectivity index (χ0n) is 10.5. The van der Waals surface area contributed by atoms with Crippen molar-refractivity contribution in [3.8, 4) is 0 Å². The first-order valence-electron chi connectivity index (χ1n) is 7.12. The van der Waals surface area contributed by atoms with E-state index in [-0.39, 0.29) is 11.9 Å². The van der Waals surface area contributed by atoms with Crippen LogP contribution in [0.15, 0.2) is 0 Å². The monoisotopic (exact) mass is 237 g/mol. The second kappa shape index (κ2) is 4.94. The molecule has 3 aliphatic rings. The van der Waals surface area contributed by atoms with Crippen LogP contribution in [0.2, 0.25) is 0 Å². The minimum atomic E-state index is 0.0687. The average Bonchev–Trinajstić information content (AvgIpc) is 2.95. The summed E-state index contributed by atoms with van der Waals surface area (Å²) in [6.07, 6.45) is 7.12. The molecule has 3 aliphatic heterocycles. The van der Waals surface area contributed by atoms with Crippen molar-refractivity contribution in [3.63, 3.8) is 0 Å². The van der Waals surface area contributed by atoms with Crippen LogP contribution in [-0.2, 0) is 4.79 Å². The second-order valence-electron chi connectivity index (χ2n) is 5.65. The van der Waals surface area contributed by atoms with E-state index in [2.05, 4.69) is 15.5 Å². The topological polar surface area (TPSA) is 44.4 Å². The van der Waals surface area contributed by atoms with E-state index < -0.39 is 0 Å². The third kappa shape index (κ3) is 2.33. The van der Waals surface area contributed by atoms with Gasteiger partial charge in [0.1, 0.15) is 0 Å². The molecule has 0 aromatic carbocycles. The third-order valence-corrected chi connectivity index (χ3v) is 4.56. The summed E-state index contributed by atoms with van der Waals surface area (Å²) in [7, 11) is 0. The standard InChI is InChI=1S/C13H23N3O/c17-13(11-4-1-2-7-14-11)15-10-6-9-16-8-3-5-12(10)16/h10-12,14H,1-9H2,(H,15,17)/t10?,11-,12?/m1/s1. The molecule has 0 spiro atoms. The predicted octanol–water partition coefficient (Wildman–Crippen LogP) is 0.481. The lowest BCUT2D eigenvalue weighted by Crippen LogP contribution is -2.51. The van der Waals surface area contributed by atoms with E-state index in [1.54, 1.807) is 0 Å². The van der Waals surface area contributed by atoms with E-state index in [9.17, 15) is 4.79 Å². The van der Waals surface area contributed by atoms with Gasteiger partial charge >= 0.3 is 0 Å². The van der Waals surface area contributed by atoms with Gasteiger partial charge in [-0.15, -0.1) is 0 Å². The molecule has 3 saturated heterocycles. The molecule has 0 aromatic rings. The van der Waals surface area contributed by atoms with Crippen LogP contribution >= 0.6 is 0 Å². The maximum atomic E-state index is 12.2. The first kappa shape index (κ1) is 11.5. The molecule has 3 fully saturated rings. The van der Waals surface area contributed by atoms with Crippen LogP contribution in [0, 0.1) is 0 Å². The number of amides is 1. The van der Waals surface area contributed by atoms with Gasteiger partial charge in [-0.3, -0.25) is 9.69 Å². The first-order chi connectivity index (χ1) is 8.34. The number of hydrogen-bond acceptors (Lipinski definition) is 3. The van der Waals surface area contributed by atoms with Gasteiger partial charge in [0.25, 0.3) is 0 Å². The minimum Gasteiger partial charge on any atom is -0.350 e. The van der Waals surface area contributed by atoms with Gasteiger partial charge < -0.3 is 10.6 Å². The van der Waals surface area contributed by atoms with Crippen molar-refractivity contribution < 1.29 is 4.79 Å². The lowest BCUT2D eigenvalue weighted by atomic mass is 10.0. The number of piperidine rings is 1. The van der Waals surface area contributed by atoms with Crippen molar-refractivity contribution in [1.82, 2.24) is 15.5 Å². The number of nitrogens with zero attached hydrogens (tertiary/aromatic N) is 1. The summed E-state index contributed by atoms with van der Waals surface area (Å²) in [5.41, 5.74) is 0. The van der Waals surface area contributed by atoms with Gasteiger partial charge in [0.05, 0.1) is 6.04 Å². The molecule has 2 N–H and O–H groups in total. The molecule has 17 heavy (non-hydrogen) atoms. The molecule has 0 bridgehead atoms. The fourth-order valence-corrected chi connectivity index (χ4v) is 3.61. The molecule has 3 rings (SSSR count). The highest BCUT2D eigenvalue weighted by atomic mass is 16.2. The minimum absolute atomic E-state index is 0.0687. The first-order valence-corrected chi connectivity index (χ1v) is 7.12. The summed E-state index contributed by atoms with van der Waals surface area (Å²) in [5.74, 6) is 0.239. The van der Waals surface area contributed by atoms with Gasteiger partial charge in [0.15, 0.2) is 0 Å². The average molecular weight is 237 g/mol. The van der Waals surface area contributed by atoms with Gasteiger partial charge in [-0.25, -0.2) is 0 Å². The highest BCUT2D eigenvalue weighted by Gasteiger charge is 2.38. The molecule has 2 unspecified atom stereocenters. The van der Waals surface area contributed by atoms with E-state index in [1.807, 2.05) is 0 Å². The highest BCUT2D eigenvalue weighted by molar-refractivity contribution is 5.82. The molecule has 0 radical (unpaired) electrons. The molecule has 0 aliphatic carbocycles. The van der Waals surface area contributed by atoms with Gasteiger partial charge in [-0.05, 0) is 45.2 Å². The van der Waals surface area contributed by atoms with Crippen molar-refractivity contribution in [2.75, 3.05) is 19.6 Å². The summed E-state index contributed by atoms with van der Waals surface area (Å²) in [4.78, 5) is 14.7. The Morgan fingerprint density at radius 2 is 2.06 bits per heavy atom. The lowest BCUT2D eigenvalue weighted by Gasteiger charge is -2.26. The van der Waals surface area contributed by atoms with Gasteiger partial charge in [0.2, 0.25) is 5.91 Å². The number of nitrogens with one attached hydrogen (secondary N) is 2.